The van der Waals surface area contributed by atoms with Crippen molar-refractivity contribution in [3.8, 4) is 5.75 Å². The van der Waals surface area contributed by atoms with Crippen LogP contribution in [0.25, 0.3) is 5.57 Å². The van der Waals surface area contributed by atoms with Crippen LogP contribution in [0.4, 0.5) is 11.4 Å². The Balaban J connectivity index is 2.16. The van der Waals surface area contributed by atoms with E-state index in [4.69, 9.17) is 4.74 Å². The van der Waals surface area contributed by atoms with Gasteiger partial charge in [-0.3, -0.25) is 0 Å². The average Bonchev–Trinajstić information content (AvgIpc) is 2.68. The van der Waals surface area contributed by atoms with Gasteiger partial charge in [-0.15, -0.1) is 0 Å². The molecule has 0 heterocycles. The number of rotatable bonds is 6. The molecule has 4 heteroatoms. The third-order valence-corrected chi connectivity index (χ3v) is 5.85. The Kier molecular flexibility index (Phi) is 5.74. The van der Waals surface area contributed by atoms with Gasteiger partial charge in [0.15, 0.2) is 0 Å². The van der Waals surface area contributed by atoms with Gasteiger partial charge in [0.25, 0.3) is 0 Å². The lowest BCUT2D eigenvalue weighted by atomic mass is 9.71. The summed E-state index contributed by atoms with van der Waals surface area (Å²) in [5.41, 5.74) is 6.27. The monoisotopic (exact) mass is 393 g/mol. The van der Waals surface area contributed by atoms with Crippen LogP contribution in [0.2, 0.25) is 0 Å². The first-order valence-electron chi connectivity index (χ1n) is 10.2. The summed E-state index contributed by atoms with van der Waals surface area (Å²) in [7, 11) is 1.71. The Hall–Kier alpha value is -2.75. The molecule has 154 valence electrons. The van der Waals surface area contributed by atoms with E-state index in [1.165, 1.54) is 16.7 Å². The fourth-order valence-electron chi connectivity index (χ4n) is 4.15. The van der Waals surface area contributed by atoms with E-state index in [1.807, 2.05) is 12.1 Å². The first-order chi connectivity index (χ1) is 13.7. The molecule has 2 aromatic rings. The Labute approximate surface area is 173 Å². The van der Waals surface area contributed by atoms with Crippen molar-refractivity contribution in [1.29, 1.82) is 0 Å². The van der Waals surface area contributed by atoms with Gasteiger partial charge in [0.1, 0.15) is 5.75 Å². The highest BCUT2D eigenvalue weighted by Gasteiger charge is 2.31. The van der Waals surface area contributed by atoms with E-state index in [1.54, 1.807) is 19.2 Å². The molecule has 0 spiro atoms. The molecule has 0 atom stereocenters. The molecule has 0 aromatic heterocycles. The maximum absolute atomic E-state index is 11.2. The maximum Gasteiger partial charge on any atom is 0.335 e. The molecule has 29 heavy (non-hydrogen) atoms. The lowest BCUT2D eigenvalue weighted by molar-refractivity contribution is 0.0697. The number of hydrogen-bond acceptors (Lipinski definition) is 3. The number of benzene rings is 2. The average molecular weight is 394 g/mol. The normalized spacial score (nSPS) is 14.9. The van der Waals surface area contributed by atoms with Gasteiger partial charge in [-0.2, -0.15) is 0 Å². The molecule has 0 bridgehead atoms. The van der Waals surface area contributed by atoms with Crippen LogP contribution in [0, 0.1) is 5.92 Å². The van der Waals surface area contributed by atoms with Crippen LogP contribution in [-0.2, 0) is 5.41 Å². The Morgan fingerprint density at radius 1 is 1.21 bits per heavy atom. The smallest absolute Gasteiger partial charge is 0.335 e. The van der Waals surface area contributed by atoms with Gasteiger partial charge in [0.2, 0.25) is 0 Å². The van der Waals surface area contributed by atoms with Crippen molar-refractivity contribution in [3.05, 3.63) is 59.2 Å². The number of hydrogen-bond donors (Lipinski definition) is 1. The molecular weight excluding hydrogens is 362 g/mol. The highest BCUT2D eigenvalue weighted by Crippen LogP contribution is 2.47. The van der Waals surface area contributed by atoms with Crippen molar-refractivity contribution < 1.29 is 14.6 Å². The van der Waals surface area contributed by atoms with Crippen LogP contribution in [0.1, 0.15) is 62.5 Å². The molecule has 0 saturated carbocycles. The number of nitrogens with zero attached hydrogens (tertiary/aromatic N) is 1. The fraction of sp³-hybridized carbons (Fsp3) is 0.400. The van der Waals surface area contributed by atoms with Crippen molar-refractivity contribution >= 4 is 22.9 Å². The van der Waals surface area contributed by atoms with E-state index >= 15 is 0 Å². The second kappa shape index (κ2) is 7.94. The summed E-state index contributed by atoms with van der Waals surface area (Å²) in [5.74, 6) is 0.363. The zero-order chi connectivity index (χ0) is 21.3. The fourth-order valence-corrected chi connectivity index (χ4v) is 4.15. The summed E-state index contributed by atoms with van der Waals surface area (Å²) >= 11 is 0. The van der Waals surface area contributed by atoms with Crippen LogP contribution in [0.3, 0.4) is 0 Å². The molecule has 0 saturated heterocycles. The topological polar surface area (TPSA) is 49.8 Å². The summed E-state index contributed by atoms with van der Waals surface area (Å²) in [4.78, 5) is 13.4. The molecule has 0 radical (unpaired) electrons. The second-order valence-electron chi connectivity index (χ2n) is 8.57. The largest absolute Gasteiger partial charge is 0.495 e. The quantitative estimate of drug-likeness (QED) is 0.628. The number of carbonyl (C=O) groups is 1. The number of methoxy groups -OCH3 is 1. The first-order valence-corrected chi connectivity index (χ1v) is 10.2. The number of carboxylic acids is 1. The van der Waals surface area contributed by atoms with Crippen molar-refractivity contribution in [2.24, 2.45) is 5.92 Å². The summed E-state index contributed by atoms with van der Waals surface area (Å²) < 4.78 is 5.81. The van der Waals surface area contributed by atoms with Crippen LogP contribution in [0.5, 0.6) is 5.75 Å². The molecule has 0 unspecified atom stereocenters. The summed E-state index contributed by atoms with van der Waals surface area (Å²) in [5, 5.41) is 9.19. The number of allylic oxidation sites excluding steroid dienone is 2. The van der Waals surface area contributed by atoms with E-state index in [0.29, 0.717) is 5.92 Å². The van der Waals surface area contributed by atoms with Crippen molar-refractivity contribution in [2.75, 3.05) is 18.6 Å². The van der Waals surface area contributed by atoms with Gasteiger partial charge in [-0.25, -0.2) is 4.79 Å². The SMILES string of the molecule is CCN(c1ccc(C(=O)O)cc1)c1cc2c(cc1OC)C(C)(C)CC=C2C(C)C. The molecule has 4 nitrogen and oxygen atoms in total. The number of anilines is 2. The predicted octanol–water partition coefficient (Wildman–Crippen LogP) is 6.27. The van der Waals surface area contributed by atoms with Gasteiger partial charge in [-0.1, -0.05) is 33.8 Å². The van der Waals surface area contributed by atoms with E-state index in [9.17, 15) is 9.90 Å². The van der Waals surface area contributed by atoms with Gasteiger partial charge >= 0.3 is 5.97 Å². The standard InChI is InChI=1S/C25H31NO3/c1-7-26(18-10-8-17(9-11-18)24(27)28)22-14-20-19(16(2)3)12-13-25(4,5)21(20)15-23(22)29-6/h8-12,14-16H,7,13H2,1-6H3,(H,27,28). The predicted molar refractivity (Wildman–Crippen MR) is 120 cm³/mol. The lowest BCUT2D eigenvalue weighted by Gasteiger charge is -2.35. The van der Waals surface area contributed by atoms with E-state index in [2.05, 4.69) is 57.7 Å². The maximum atomic E-state index is 11.2. The molecule has 2 aromatic carbocycles. The van der Waals surface area contributed by atoms with Crippen LogP contribution >= 0.6 is 0 Å². The summed E-state index contributed by atoms with van der Waals surface area (Å²) in [6.45, 7) is 11.9. The minimum absolute atomic E-state index is 0.0553. The molecule has 0 fully saturated rings. The van der Waals surface area contributed by atoms with E-state index in [0.717, 1.165) is 30.1 Å². The van der Waals surface area contributed by atoms with Crippen LogP contribution in [-0.4, -0.2) is 24.7 Å². The third-order valence-electron chi connectivity index (χ3n) is 5.85. The minimum atomic E-state index is -0.917. The third kappa shape index (κ3) is 3.89. The number of fused-ring (bicyclic) bond motifs is 1. The lowest BCUT2D eigenvalue weighted by Crippen LogP contribution is -2.24. The highest BCUT2D eigenvalue weighted by atomic mass is 16.5. The zero-order valence-corrected chi connectivity index (χ0v) is 18.2. The molecule has 1 N–H and O–H groups in total. The molecule has 1 aliphatic rings. The minimum Gasteiger partial charge on any atom is -0.495 e. The van der Waals surface area contributed by atoms with Gasteiger partial charge in [0.05, 0.1) is 18.4 Å². The van der Waals surface area contributed by atoms with Gasteiger partial charge in [-0.05, 0) is 77.8 Å². The molecule has 3 rings (SSSR count). The highest BCUT2D eigenvalue weighted by molar-refractivity contribution is 5.88. The number of ether oxygens (including phenoxy) is 1. The summed E-state index contributed by atoms with van der Waals surface area (Å²) in [6, 6.07) is 11.4. The molecule has 0 amide bonds. The van der Waals surface area contributed by atoms with Crippen molar-refractivity contribution in [2.45, 2.75) is 46.5 Å². The number of carboxylic acid groups (broad SMARTS) is 1. The Morgan fingerprint density at radius 2 is 1.86 bits per heavy atom. The molecular formula is C25H31NO3. The summed E-state index contributed by atoms with van der Waals surface area (Å²) in [6.07, 6.45) is 3.39. The van der Waals surface area contributed by atoms with Crippen molar-refractivity contribution in [1.82, 2.24) is 0 Å². The van der Waals surface area contributed by atoms with E-state index in [-0.39, 0.29) is 11.0 Å². The molecule has 0 aliphatic heterocycles. The Bertz CT molecular complexity index is 939. The van der Waals surface area contributed by atoms with Gasteiger partial charge < -0.3 is 14.7 Å². The zero-order valence-electron chi connectivity index (χ0n) is 18.2. The van der Waals surface area contributed by atoms with Crippen LogP contribution in [0.15, 0.2) is 42.5 Å². The van der Waals surface area contributed by atoms with E-state index < -0.39 is 5.97 Å². The number of aromatic carboxylic acids is 1. The second-order valence-corrected chi connectivity index (χ2v) is 8.57. The van der Waals surface area contributed by atoms with Crippen molar-refractivity contribution in [3.63, 3.8) is 0 Å². The van der Waals surface area contributed by atoms with Crippen LogP contribution < -0.4 is 9.64 Å². The first kappa shape index (κ1) is 21.0. The van der Waals surface area contributed by atoms with Gasteiger partial charge in [0, 0.05) is 12.2 Å². The molecule has 1 aliphatic carbocycles. The Morgan fingerprint density at radius 3 is 2.38 bits per heavy atom.